The molecule has 1 aliphatic carbocycles. The molecule has 0 amide bonds. The van der Waals surface area contributed by atoms with Crippen molar-refractivity contribution in [2.75, 3.05) is 0 Å². The first kappa shape index (κ1) is 26.8. The molecule has 32 heavy (non-hydrogen) atoms. The Bertz CT molecular complexity index is 893. The predicted octanol–water partition coefficient (Wildman–Crippen LogP) is 7.29. The molecule has 176 valence electrons. The highest BCUT2D eigenvalue weighted by molar-refractivity contribution is 6.74. The molecular formula is C27H42O3Si2. The Hall–Kier alpha value is -1.46. The second kappa shape index (κ2) is 9.42. The molecule has 1 aliphatic rings. The average molecular weight is 471 g/mol. The molecule has 0 unspecified atom stereocenters. The predicted molar refractivity (Wildman–Crippen MR) is 140 cm³/mol. The summed E-state index contributed by atoms with van der Waals surface area (Å²) in [6.45, 7) is 26.3. The van der Waals surface area contributed by atoms with Crippen LogP contribution >= 0.6 is 0 Å². The largest absolute Gasteiger partial charge is 0.412 e. The van der Waals surface area contributed by atoms with Gasteiger partial charge in [-0.3, -0.25) is 4.79 Å². The zero-order valence-corrected chi connectivity index (χ0v) is 23.8. The van der Waals surface area contributed by atoms with Crippen LogP contribution in [0.2, 0.25) is 36.3 Å². The van der Waals surface area contributed by atoms with E-state index in [0.29, 0.717) is 12.0 Å². The fourth-order valence-corrected chi connectivity index (χ4v) is 5.59. The van der Waals surface area contributed by atoms with Crippen molar-refractivity contribution in [3.05, 3.63) is 48.0 Å². The number of Topliss-reactive ketones (excluding diaryl/α,β-unsaturated/α-hetero) is 1. The summed E-state index contributed by atoms with van der Waals surface area (Å²) < 4.78 is 13.4. The Balaban J connectivity index is 2.40. The molecule has 0 bridgehead atoms. The zero-order valence-electron chi connectivity index (χ0n) is 21.8. The molecule has 1 aromatic carbocycles. The van der Waals surface area contributed by atoms with Crippen molar-refractivity contribution in [2.45, 2.75) is 96.4 Å². The maximum absolute atomic E-state index is 12.5. The minimum Gasteiger partial charge on any atom is -0.412 e. The third kappa shape index (κ3) is 6.11. The van der Waals surface area contributed by atoms with Gasteiger partial charge >= 0.3 is 0 Å². The lowest BCUT2D eigenvalue weighted by molar-refractivity contribution is -0.115. The summed E-state index contributed by atoms with van der Waals surface area (Å²) in [6.07, 6.45) is -0.203. The van der Waals surface area contributed by atoms with Gasteiger partial charge in [0.05, 0.1) is 12.0 Å². The molecule has 3 atom stereocenters. The molecule has 0 aliphatic heterocycles. The highest BCUT2D eigenvalue weighted by Gasteiger charge is 2.45. The second-order valence-electron chi connectivity index (χ2n) is 12.0. The first-order valence-corrected chi connectivity index (χ1v) is 17.4. The monoisotopic (exact) mass is 470 g/mol. The van der Waals surface area contributed by atoms with E-state index in [0.717, 1.165) is 5.56 Å². The van der Waals surface area contributed by atoms with Gasteiger partial charge in [0.1, 0.15) is 6.10 Å². The van der Waals surface area contributed by atoms with Crippen LogP contribution in [0.15, 0.2) is 42.5 Å². The number of carbonyl (C=O) groups is 1. The molecular weight excluding hydrogens is 428 g/mol. The van der Waals surface area contributed by atoms with E-state index < -0.39 is 16.6 Å². The fourth-order valence-electron chi connectivity index (χ4n) is 3.12. The molecule has 5 heteroatoms. The molecule has 0 spiro atoms. The Kier molecular flexibility index (Phi) is 7.89. The van der Waals surface area contributed by atoms with Crippen molar-refractivity contribution >= 4 is 22.4 Å². The van der Waals surface area contributed by atoms with Gasteiger partial charge in [-0.05, 0) is 41.8 Å². The van der Waals surface area contributed by atoms with Crippen LogP contribution in [0.1, 0.15) is 59.6 Å². The van der Waals surface area contributed by atoms with Gasteiger partial charge < -0.3 is 8.85 Å². The summed E-state index contributed by atoms with van der Waals surface area (Å²) in [5, 5.41) is 0.137. The van der Waals surface area contributed by atoms with Crippen molar-refractivity contribution in [1.82, 2.24) is 0 Å². The highest BCUT2D eigenvalue weighted by atomic mass is 28.4. The lowest BCUT2D eigenvalue weighted by Crippen LogP contribution is -2.44. The van der Waals surface area contributed by atoms with Crippen LogP contribution in [-0.2, 0) is 13.6 Å². The zero-order chi connectivity index (χ0) is 24.5. The van der Waals surface area contributed by atoms with Gasteiger partial charge in [0.25, 0.3) is 0 Å². The van der Waals surface area contributed by atoms with Crippen LogP contribution < -0.4 is 0 Å². The maximum Gasteiger partial charge on any atom is 0.194 e. The minimum atomic E-state index is -2.05. The summed E-state index contributed by atoms with van der Waals surface area (Å²) >= 11 is 0. The van der Waals surface area contributed by atoms with Gasteiger partial charge in [-0.15, -0.1) is 0 Å². The van der Waals surface area contributed by atoms with Crippen LogP contribution in [0, 0.1) is 17.8 Å². The van der Waals surface area contributed by atoms with Gasteiger partial charge in [-0.1, -0.05) is 90.3 Å². The van der Waals surface area contributed by atoms with E-state index in [1.54, 1.807) is 0 Å². The van der Waals surface area contributed by atoms with Crippen LogP contribution in [0.5, 0.6) is 0 Å². The first-order valence-electron chi connectivity index (χ1n) is 11.6. The van der Waals surface area contributed by atoms with Crippen LogP contribution in [0.3, 0.4) is 0 Å². The summed E-state index contributed by atoms with van der Waals surface area (Å²) in [7, 11) is -4.09. The molecule has 2 rings (SSSR count). The maximum atomic E-state index is 12.5. The van der Waals surface area contributed by atoms with Gasteiger partial charge in [-0.25, -0.2) is 0 Å². The van der Waals surface area contributed by atoms with Crippen LogP contribution in [0.25, 0.3) is 0 Å². The molecule has 0 radical (unpaired) electrons. The minimum absolute atomic E-state index is 0.0644. The Morgan fingerprint density at radius 3 is 2.00 bits per heavy atom. The standard InChI is InChI=1S/C27H42O3Si2/c1-20-22(25(19-23(20)28)30-32(10,11)27(5,6)7)17-18-24(21-15-13-12-14-16-21)29-31(8,9)26(2,3)4/h12-16,22,24-25H,1,19H2,2-11H3/t22-,24-,25-/m1/s1. The summed E-state index contributed by atoms with van der Waals surface area (Å²) in [4.78, 5) is 12.5. The van der Waals surface area contributed by atoms with E-state index >= 15 is 0 Å². The van der Waals surface area contributed by atoms with Crippen molar-refractivity contribution in [2.24, 2.45) is 5.92 Å². The number of benzene rings is 1. The Morgan fingerprint density at radius 1 is 0.969 bits per heavy atom. The molecule has 1 saturated carbocycles. The van der Waals surface area contributed by atoms with Crippen LogP contribution in [-0.4, -0.2) is 28.5 Å². The molecule has 1 aromatic rings. The quantitative estimate of drug-likeness (QED) is 0.257. The third-order valence-corrected chi connectivity index (χ3v) is 16.4. The van der Waals surface area contributed by atoms with Gasteiger partial charge in [-0.2, -0.15) is 0 Å². The number of hydrogen-bond acceptors (Lipinski definition) is 3. The average Bonchev–Trinajstić information content (AvgIpc) is 2.90. The van der Waals surface area contributed by atoms with Crippen LogP contribution in [0.4, 0.5) is 0 Å². The normalized spacial score (nSPS) is 21.3. The van der Waals surface area contributed by atoms with Crippen molar-refractivity contribution < 1.29 is 13.6 Å². The summed E-state index contributed by atoms with van der Waals surface area (Å²) in [5.74, 6) is 6.56. The molecule has 0 saturated heterocycles. The molecule has 1 fully saturated rings. The number of ketones is 1. The lowest BCUT2D eigenvalue weighted by atomic mass is 10.0. The third-order valence-electron chi connectivity index (χ3n) is 7.44. The first-order chi connectivity index (χ1) is 14.5. The van der Waals surface area contributed by atoms with Crippen molar-refractivity contribution in [3.8, 4) is 11.8 Å². The van der Waals surface area contributed by atoms with Crippen molar-refractivity contribution in [3.63, 3.8) is 0 Å². The number of carbonyl (C=O) groups excluding carboxylic acids is 1. The smallest absolute Gasteiger partial charge is 0.194 e. The number of hydrogen-bond donors (Lipinski definition) is 0. The molecule has 3 nitrogen and oxygen atoms in total. The fraction of sp³-hybridized carbons (Fsp3) is 0.593. The molecule has 0 N–H and O–H groups in total. The van der Waals surface area contributed by atoms with Gasteiger partial charge in [0, 0.05) is 12.0 Å². The highest BCUT2D eigenvalue weighted by Crippen LogP contribution is 2.42. The van der Waals surface area contributed by atoms with Gasteiger partial charge in [0.15, 0.2) is 22.4 Å². The van der Waals surface area contributed by atoms with E-state index in [4.69, 9.17) is 8.85 Å². The summed E-state index contributed by atoms with van der Waals surface area (Å²) in [5.41, 5.74) is 1.61. The topological polar surface area (TPSA) is 35.5 Å². The number of rotatable bonds is 5. The Labute approximate surface area is 198 Å². The lowest BCUT2D eigenvalue weighted by Gasteiger charge is -2.39. The Morgan fingerprint density at radius 2 is 1.50 bits per heavy atom. The van der Waals surface area contributed by atoms with E-state index in [1.807, 2.05) is 18.2 Å². The second-order valence-corrected chi connectivity index (χ2v) is 21.5. The van der Waals surface area contributed by atoms with Crippen molar-refractivity contribution in [1.29, 1.82) is 0 Å². The van der Waals surface area contributed by atoms with E-state index in [-0.39, 0.29) is 34.0 Å². The van der Waals surface area contributed by atoms with E-state index in [1.165, 1.54) is 0 Å². The molecule has 0 heterocycles. The van der Waals surface area contributed by atoms with Gasteiger partial charge in [0.2, 0.25) is 0 Å². The van der Waals surface area contributed by atoms with E-state index in [9.17, 15) is 4.79 Å². The SMILES string of the molecule is C=C1C(=O)C[C@@H](O[Si](C)(C)C(C)(C)C)[C@@H]1C#C[C@@H](O[Si](C)(C)C(C)(C)C)c1ccccc1. The van der Waals surface area contributed by atoms with E-state index in [2.05, 4.69) is 98.3 Å². The summed E-state index contributed by atoms with van der Waals surface area (Å²) in [6, 6.07) is 10.1. The molecule has 0 aromatic heterocycles.